The number of ether oxygens (including phenoxy) is 2. The van der Waals surface area contributed by atoms with Crippen molar-refractivity contribution in [3.05, 3.63) is 52.0 Å². The Morgan fingerprint density at radius 3 is 2.22 bits per heavy atom. The molecule has 13 nitrogen and oxygen atoms in total. The van der Waals surface area contributed by atoms with Crippen LogP contribution < -0.4 is 10.6 Å². The van der Waals surface area contributed by atoms with Crippen LogP contribution in [-0.4, -0.2) is 110 Å². The Labute approximate surface area is 364 Å². The fourth-order valence-electron chi connectivity index (χ4n) is 7.40. The van der Waals surface area contributed by atoms with Crippen molar-refractivity contribution >= 4 is 49.3 Å². The minimum atomic E-state index is -2.05. The van der Waals surface area contributed by atoms with Crippen LogP contribution in [0.3, 0.4) is 0 Å². The predicted molar refractivity (Wildman–Crippen MR) is 239 cm³/mol. The van der Waals surface area contributed by atoms with Gasteiger partial charge in [-0.1, -0.05) is 85.7 Å². The van der Waals surface area contributed by atoms with Crippen molar-refractivity contribution in [1.29, 1.82) is 0 Å². The van der Waals surface area contributed by atoms with Gasteiger partial charge in [0.1, 0.15) is 16.7 Å². The second kappa shape index (κ2) is 22.4. The molecule has 0 aliphatic carbocycles. The zero-order valence-corrected chi connectivity index (χ0v) is 40.4. The van der Waals surface area contributed by atoms with Crippen LogP contribution in [-0.2, 0) is 39.5 Å². The number of rotatable bonds is 20. The van der Waals surface area contributed by atoms with E-state index in [1.165, 1.54) is 18.3 Å². The van der Waals surface area contributed by atoms with E-state index in [0.29, 0.717) is 30.8 Å². The van der Waals surface area contributed by atoms with Crippen LogP contribution in [0.4, 0.5) is 0 Å². The van der Waals surface area contributed by atoms with E-state index in [-0.39, 0.29) is 65.5 Å². The molecule has 1 aromatic carbocycles. The number of carbonyl (C=O) groups is 5. The number of nitrogens with zero attached hydrogens (tertiary/aromatic N) is 3. The summed E-state index contributed by atoms with van der Waals surface area (Å²) >= 11 is 1.20. The van der Waals surface area contributed by atoms with Crippen LogP contribution in [0.5, 0.6) is 0 Å². The second-order valence-corrected chi connectivity index (χ2v) is 24.3. The molecule has 0 unspecified atom stereocenters. The fourth-order valence-corrected chi connectivity index (χ4v) is 9.64. The molecule has 2 aromatic rings. The smallest absolute Gasteiger partial charge is 0.308 e. The van der Waals surface area contributed by atoms with E-state index in [1.807, 2.05) is 70.0 Å². The summed E-state index contributed by atoms with van der Waals surface area (Å²) in [7, 11) is 1.62. The molecule has 1 saturated heterocycles. The third kappa shape index (κ3) is 14.5. The molecular weight excluding hydrogens is 799 g/mol. The Bertz CT molecular complexity index is 1730. The van der Waals surface area contributed by atoms with Crippen LogP contribution in [0.2, 0.25) is 18.1 Å². The van der Waals surface area contributed by atoms with Crippen LogP contribution in [0, 0.1) is 17.8 Å². The van der Waals surface area contributed by atoms with Gasteiger partial charge in [0.05, 0.1) is 18.6 Å². The Morgan fingerprint density at radius 1 is 1.00 bits per heavy atom. The summed E-state index contributed by atoms with van der Waals surface area (Å²) in [6.45, 7) is 24.8. The third-order valence-corrected chi connectivity index (χ3v) is 17.5. The van der Waals surface area contributed by atoms with Crippen molar-refractivity contribution in [2.24, 2.45) is 17.8 Å². The molecule has 1 aliphatic heterocycles. The maximum Gasteiger partial charge on any atom is 0.308 e. The first kappa shape index (κ1) is 50.7. The van der Waals surface area contributed by atoms with Gasteiger partial charge in [-0.15, -0.1) is 11.3 Å². The molecule has 3 amide bonds. The average Bonchev–Trinajstić information content (AvgIpc) is 3.66. The fraction of sp³-hybridized carbons (Fsp3) is 0.689. The van der Waals surface area contributed by atoms with E-state index in [1.54, 1.807) is 31.2 Å². The first-order valence-corrected chi connectivity index (χ1v) is 25.3. The topological polar surface area (TPSA) is 156 Å². The standard InChI is InChI=1S/C45H73N5O8SSi/c1-15-56-44(55)30(6)23-33(24-32-19-17-16-18-20-32)46-40(52)35-27-59-42(47-35)38(57-31(7)51)26-36(28(2)3)50(12)43(54)39(29(4)5)48-41(53)37-25-34(21-22-49(37)11)58-60(13,14)45(8,9)10/h16-20,27-30,33-34,36-39H,15,21-26H2,1-14H3,(H,46,52)(H,48,53)/t30-,33+,34+,36+,37+,38+,39-/m0/s1. The summed E-state index contributed by atoms with van der Waals surface area (Å²) in [4.78, 5) is 75.4. The SMILES string of the molecule is CCOC(=O)[C@@H](C)C[C@H](Cc1ccccc1)NC(=O)c1csc([C@@H](C[C@H](C(C)C)N(C)C(=O)[C@@H](NC(=O)[C@H]2C[C@H](O[Si](C)(C)C(C)(C)C)CCN2C)C(C)C)OC(C)=O)n1. The van der Waals surface area contributed by atoms with Gasteiger partial charge in [-0.2, -0.15) is 0 Å². The highest BCUT2D eigenvalue weighted by Gasteiger charge is 2.43. The van der Waals surface area contributed by atoms with Gasteiger partial charge < -0.3 is 29.4 Å². The van der Waals surface area contributed by atoms with Gasteiger partial charge in [-0.25, -0.2) is 4.98 Å². The zero-order chi connectivity index (χ0) is 45.1. The van der Waals surface area contributed by atoms with E-state index in [0.717, 1.165) is 12.0 Å². The first-order chi connectivity index (χ1) is 27.9. The van der Waals surface area contributed by atoms with E-state index < -0.39 is 50.3 Å². The van der Waals surface area contributed by atoms with Crippen molar-refractivity contribution in [3.63, 3.8) is 0 Å². The van der Waals surface area contributed by atoms with Gasteiger partial charge in [0.2, 0.25) is 11.8 Å². The van der Waals surface area contributed by atoms with Gasteiger partial charge in [-0.05, 0) is 75.2 Å². The van der Waals surface area contributed by atoms with Crippen LogP contribution in [0.1, 0.15) is 122 Å². The van der Waals surface area contributed by atoms with Gasteiger partial charge in [0.25, 0.3) is 5.91 Å². The molecule has 0 bridgehead atoms. The van der Waals surface area contributed by atoms with Gasteiger partial charge in [0, 0.05) is 50.5 Å². The molecule has 1 fully saturated rings. The number of aromatic nitrogens is 1. The van der Waals surface area contributed by atoms with E-state index in [4.69, 9.17) is 13.9 Å². The van der Waals surface area contributed by atoms with Crippen molar-refractivity contribution < 1.29 is 37.9 Å². The molecule has 1 aliphatic rings. The molecule has 3 rings (SSSR count). The number of hydrogen-bond donors (Lipinski definition) is 2. The number of likely N-dealkylation sites (tertiary alicyclic amines) is 1. The normalized spacial score (nSPS) is 18.9. The van der Waals surface area contributed by atoms with Crippen molar-refractivity contribution in [2.75, 3.05) is 27.2 Å². The number of nitrogens with one attached hydrogen (secondary N) is 2. The average molecular weight is 872 g/mol. The minimum Gasteiger partial charge on any atom is -0.466 e. The molecule has 7 atom stereocenters. The van der Waals surface area contributed by atoms with Gasteiger partial charge in [0.15, 0.2) is 14.4 Å². The number of piperidine rings is 1. The van der Waals surface area contributed by atoms with Gasteiger partial charge >= 0.3 is 11.9 Å². The Morgan fingerprint density at radius 2 is 1.65 bits per heavy atom. The number of hydrogen-bond acceptors (Lipinski definition) is 11. The summed E-state index contributed by atoms with van der Waals surface area (Å²) in [6, 6.07) is 7.69. The van der Waals surface area contributed by atoms with E-state index >= 15 is 0 Å². The molecular formula is C45H73N5O8SSi. The first-order valence-electron chi connectivity index (χ1n) is 21.5. The summed E-state index contributed by atoms with van der Waals surface area (Å²) in [5.74, 6) is -2.42. The largest absolute Gasteiger partial charge is 0.466 e. The van der Waals surface area contributed by atoms with Crippen molar-refractivity contribution in [2.45, 2.75) is 156 Å². The molecule has 336 valence electrons. The van der Waals surface area contributed by atoms with Crippen LogP contribution >= 0.6 is 11.3 Å². The lowest BCUT2D eigenvalue weighted by Crippen LogP contribution is -2.59. The monoisotopic (exact) mass is 871 g/mol. The summed E-state index contributed by atoms with van der Waals surface area (Å²) in [6.07, 6.45) is 1.60. The second-order valence-electron chi connectivity index (χ2n) is 18.7. The highest BCUT2D eigenvalue weighted by Crippen LogP contribution is 2.39. The summed E-state index contributed by atoms with van der Waals surface area (Å²) in [5.41, 5.74) is 1.17. The maximum absolute atomic E-state index is 14.4. The molecule has 60 heavy (non-hydrogen) atoms. The lowest BCUT2D eigenvalue weighted by atomic mass is 9.93. The lowest BCUT2D eigenvalue weighted by molar-refractivity contribution is -0.149. The quantitative estimate of drug-likeness (QED) is 0.103. The van der Waals surface area contributed by atoms with Crippen molar-refractivity contribution in [1.82, 2.24) is 25.4 Å². The molecule has 0 spiro atoms. The van der Waals surface area contributed by atoms with Gasteiger partial charge in [-0.3, -0.25) is 28.9 Å². The Balaban J connectivity index is 1.79. The molecule has 15 heteroatoms. The number of amides is 3. The molecule has 0 radical (unpaired) electrons. The summed E-state index contributed by atoms with van der Waals surface area (Å²) in [5, 5.41) is 8.28. The number of esters is 2. The molecule has 0 saturated carbocycles. The predicted octanol–water partition coefficient (Wildman–Crippen LogP) is 7.18. The number of carbonyl (C=O) groups excluding carboxylic acids is 5. The maximum atomic E-state index is 14.4. The van der Waals surface area contributed by atoms with E-state index in [2.05, 4.69) is 49.5 Å². The van der Waals surface area contributed by atoms with Crippen molar-refractivity contribution in [3.8, 4) is 0 Å². The highest BCUT2D eigenvalue weighted by molar-refractivity contribution is 7.09. The third-order valence-electron chi connectivity index (χ3n) is 12.0. The lowest BCUT2D eigenvalue weighted by Gasteiger charge is -2.43. The number of benzene rings is 1. The summed E-state index contributed by atoms with van der Waals surface area (Å²) < 4.78 is 17.8. The van der Waals surface area contributed by atoms with Crippen LogP contribution in [0.25, 0.3) is 0 Å². The minimum absolute atomic E-state index is 0.0366. The van der Waals surface area contributed by atoms with Crippen LogP contribution in [0.15, 0.2) is 35.7 Å². The zero-order valence-electron chi connectivity index (χ0n) is 38.6. The molecule has 2 N–H and O–H groups in total. The molecule has 1 aromatic heterocycles. The number of likely N-dealkylation sites (N-methyl/N-ethyl adjacent to an activating group) is 2. The molecule has 2 heterocycles. The van der Waals surface area contributed by atoms with E-state index in [9.17, 15) is 24.0 Å². The number of thiazole rings is 1. The highest BCUT2D eigenvalue weighted by atomic mass is 32.1. The Kier molecular flexibility index (Phi) is 19.0. The Hall–Kier alpha value is -3.66.